The molecule has 0 aliphatic heterocycles. The fourth-order valence-corrected chi connectivity index (χ4v) is 6.34. The number of carbonyl (C=O) groups is 1. The number of ether oxygens (including phenoxy) is 1. The van der Waals surface area contributed by atoms with Crippen molar-refractivity contribution in [3.63, 3.8) is 0 Å². The van der Waals surface area contributed by atoms with Crippen LogP contribution in [-0.2, 0) is 16.9 Å². The minimum atomic E-state index is -0.294. The molecule has 0 radical (unpaired) electrons. The number of hydrogen-bond donors (Lipinski definition) is 1. The van der Waals surface area contributed by atoms with Gasteiger partial charge in [-0.2, -0.15) is 0 Å². The summed E-state index contributed by atoms with van der Waals surface area (Å²) in [6, 6.07) is 19.1. The van der Waals surface area contributed by atoms with Crippen molar-refractivity contribution in [2.24, 2.45) is 0 Å². The average Bonchev–Trinajstić information content (AvgIpc) is 3.20. The van der Waals surface area contributed by atoms with Gasteiger partial charge in [0, 0.05) is 4.90 Å². The Labute approximate surface area is 208 Å². The maximum absolute atomic E-state index is 12.6. The minimum Gasteiger partial charge on any atom is -0.462 e. The number of fused-ring (bicyclic) bond motifs is 2. The third-order valence-electron chi connectivity index (χ3n) is 6.09. The first-order valence-electron chi connectivity index (χ1n) is 11.6. The van der Waals surface area contributed by atoms with E-state index in [9.17, 15) is 4.79 Å². The first-order valence-corrected chi connectivity index (χ1v) is 13.4. The predicted molar refractivity (Wildman–Crippen MR) is 140 cm³/mol. The van der Waals surface area contributed by atoms with Crippen molar-refractivity contribution in [1.82, 2.24) is 9.97 Å². The van der Waals surface area contributed by atoms with Gasteiger partial charge in [0.2, 0.25) is 0 Å². The molecule has 2 aromatic heterocycles. The number of aryl methyl sites for hydroxylation is 2. The second-order valence-electron chi connectivity index (χ2n) is 8.33. The lowest BCUT2D eigenvalue weighted by molar-refractivity contribution is 0.0531. The lowest BCUT2D eigenvalue weighted by atomic mass is 9.87. The number of thiophene rings is 1. The van der Waals surface area contributed by atoms with Crippen molar-refractivity contribution in [3.05, 3.63) is 82.0 Å². The van der Waals surface area contributed by atoms with Crippen LogP contribution in [0.5, 0.6) is 0 Å². The van der Waals surface area contributed by atoms with Crippen molar-refractivity contribution in [2.75, 3.05) is 11.9 Å². The van der Waals surface area contributed by atoms with Crippen LogP contribution in [0.4, 0.5) is 5.82 Å². The highest BCUT2D eigenvalue weighted by Crippen LogP contribution is 2.38. The van der Waals surface area contributed by atoms with Gasteiger partial charge in [0.25, 0.3) is 0 Å². The molecule has 1 N–H and O–H groups in total. The van der Waals surface area contributed by atoms with E-state index < -0.39 is 0 Å². The quantitative estimate of drug-likeness (QED) is 0.224. The van der Waals surface area contributed by atoms with Gasteiger partial charge < -0.3 is 10.1 Å². The molecule has 0 bridgehead atoms. The van der Waals surface area contributed by atoms with Crippen LogP contribution in [-0.4, -0.2) is 22.5 Å². The number of benzene rings is 2. The van der Waals surface area contributed by atoms with E-state index in [0.717, 1.165) is 46.7 Å². The van der Waals surface area contributed by atoms with Crippen LogP contribution in [0.1, 0.15) is 58.0 Å². The van der Waals surface area contributed by atoms with E-state index in [1.165, 1.54) is 27.4 Å². The second kappa shape index (κ2) is 10.2. The zero-order valence-corrected chi connectivity index (χ0v) is 21.0. The topological polar surface area (TPSA) is 64.1 Å². The molecule has 0 amide bonds. The van der Waals surface area contributed by atoms with Gasteiger partial charge in [-0.15, -0.1) is 23.1 Å². The summed E-state index contributed by atoms with van der Waals surface area (Å²) >= 11 is 3.11. The Kier molecular flexibility index (Phi) is 6.83. The zero-order chi connectivity index (χ0) is 23.5. The molecule has 0 saturated carbocycles. The number of nitrogens with zero attached hydrogens (tertiary/aromatic N) is 2. The SMILES string of the molecule is CCOC(=O)c1sc2nc(CSc3ccccc3)nc(N[C@H]3CCCc4ccccc43)c2c1C. The van der Waals surface area contributed by atoms with Crippen LogP contribution in [0.25, 0.3) is 10.2 Å². The van der Waals surface area contributed by atoms with E-state index in [1.54, 1.807) is 11.8 Å². The number of aromatic nitrogens is 2. The maximum Gasteiger partial charge on any atom is 0.348 e. The van der Waals surface area contributed by atoms with E-state index in [-0.39, 0.29) is 12.0 Å². The lowest BCUT2D eigenvalue weighted by Gasteiger charge is -2.27. The number of nitrogens with one attached hydrogen (secondary N) is 1. The van der Waals surface area contributed by atoms with Gasteiger partial charge in [0.15, 0.2) is 0 Å². The highest BCUT2D eigenvalue weighted by atomic mass is 32.2. The number of thioether (sulfide) groups is 1. The molecule has 5 nitrogen and oxygen atoms in total. The summed E-state index contributed by atoms with van der Waals surface area (Å²) in [5.74, 6) is 1.92. The second-order valence-corrected chi connectivity index (χ2v) is 10.4. The molecule has 0 spiro atoms. The summed E-state index contributed by atoms with van der Waals surface area (Å²) in [4.78, 5) is 25.0. The normalized spacial score (nSPS) is 15.2. The summed E-state index contributed by atoms with van der Waals surface area (Å²) in [6.07, 6.45) is 3.29. The van der Waals surface area contributed by atoms with Gasteiger partial charge in [0.1, 0.15) is 21.3 Å². The number of rotatable bonds is 7. The molecule has 0 unspecified atom stereocenters. The first-order chi connectivity index (χ1) is 16.6. The van der Waals surface area contributed by atoms with Crippen molar-refractivity contribution in [3.8, 4) is 0 Å². The van der Waals surface area contributed by atoms with Crippen molar-refractivity contribution < 1.29 is 9.53 Å². The summed E-state index contributed by atoms with van der Waals surface area (Å²) in [7, 11) is 0. The number of esters is 1. The van der Waals surface area contributed by atoms with E-state index in [2.05, 4.69) is 41.7 Å². The molecule has 0 fully saturated rings. The van der Waals surface area contributed by atoms with Crippen LogP contribution < -0.4 is 5.32 Å². The highest BCUT2D eigenvalue weighted by Gasteiger charge is 2.25. The van der Waals surface area contributed by atoms with E-state index in [4.69, 9.17) is 14.7 Å². The van der Waals surface area contributed by atoms with Gasteiger partial charge in [-0.3, -0.25) is 0 Å². The van der Waals surface area contributed by atoms with E-state index >= 15 is 0 Å². The Morgan fingerprint density at radius 3 is 2.76 bits per heavy atom. The van der Waals surface area contributed by atoms with E-state index in [1.807, 2.05) is 32.0 Å². The van der Waals surface area contributed by atoms with Crippen molar-refractivity contribution in [1.29, 1.82) is 0 Å². The number of carbonyl (C=O) groups excluding carboxylic acids is 1. The van der Waals surface area contributed by atoms with Crippen LogP contribution in [0.15, 0.2) is 59.5 Å². The molecule has 2 heterocycles. The van der Waals surface area contributed by atoms with Crippen LogP contribution in [0.2, 0.25) is 0 Å². The summed E-state index contributed by atoms with van der Waals surface area (Å²) in [5.41, 5.74) is 3.61. The third kappa shape index (κ3) is 4.68. The molecule has 7 heteroatoms. The zero-order valence-electron chi connectivity index (χ0n) is 19.3. The molecule has 0 saturated heterocycles. The Morgan fingerprint density at radius 2 is 1.94 bits per heavy atom. The monoisotopic (exact) mass is 489 g/mol. The van der Waals surface area contributed by atoms with Crippen LogP contribution >= 0.6 is 23.1 Å². The summed E-state index contributed by atoms with van der Waals surface area (Å²) in [5, 5.41) is 4.66. The Bertz CT molecular complexity index is 1320. The third-order valence-corrected chi connectivity index (χ3v) is 8.26. The number of anilines is 1. The molecule has 5 rings (SSSR count). The molecular formula is C27H27N3O2S2. The predicted octanol–water partition coefficient (Wildman–Crippen LogP) is 6.96. The Morgan fingerprint density at radius 1 is 1.15 bits per heavy atom. The van der Waals surface area contributed by atoms with Crippen LogP contribution in [0, 0.1) is 6.92 Å². The molecular weight excluding hydrogens is 462 g/mol. The van der Waals surface area contributed by atoms with Gasteiger partial charge in [-0.25, -0.2) is 14.8 Å². The molecule has 174 valence electrons. The minimum absolute atomic E-state index is 0.183. The average molecular weight is 490 g/mol. The molecule has 34 heavy (non-hydrogen) atoms. The standard InChI is InChI=1S/C27H27N3O2S2/c1-3-32-27(31)24-17(2)23-25(28-21-15-9-11-18-10-7-8-14-20(18)21)29-22(30-26(23)34-24)16-33-19-12-5-4-6-13-19/h4-8,10,12-14,21H,3,9,11,15-16H2,1-2H3,(H,28,29,30)/t21-/m0/s1. The summed E-state index contributed by atoms with van der Waals surface area (Å²) < 4.78 is 5.31. The Hall–Kier alpha value is -2.90. The van der Waals surface area contributed by atoms with Crippen molar-refractivity contribution >= 4 is 45.1 Å². The lowest BCUT2D eigenvalue weighted by Crippen LogP contribution is -2.18. The van der Waals surface area contributed by atoms with Gasteiger partial charge >= 0.3 is 5.97 Å². The maximum atomic E-state index is 12.6. The molecule has 1 aliphatic carbocycles. The smallest absolute Gasteiger partial charge is 0.348 e. The van der Waals surface area contributed by atoms with Gasteiger partial charge in [-0.1, -0.05) is 42.5 Å². The molecule has 1 atom stereocenters. The summed E-state index contributed by atoms with van der Waals surface area (Å²) in [6.45, 7) is 4.14. The molecule has 4 aromatic rings. The van der Waals surface area contributed by atoms with Crippen LogP contribution in [0.3, 0.4) is 0 Å². The van der Waals surface area contributed by atoms with Gasteiger partial charge in [-0.05, 0) is 61.9 Å². The molecule has 2 aromatic carbocycles. The number of hydrogen-bond acceptors (Lipinski definition) is 7. The van der Waals surface area contributed by atoms with Gasteiger partial charge in [0.05, 0.1) is 23.8 Å². The first kappa shape index (κ1) is 22.9. The Balaban J connectivity index is 1.54. The fourth-order valence-electron chi connectivity index (χ4n) is 4.48. The largest absolute Gasteiger partial charge is 0.462 e. The molecule has 1 aliphatic rings. The fraction of sp³-hybridized carbons (Fsp3) is 0.296. The highest BCUT2D eigenvalue weighted by molar-refractivity contribution is 7.98. The van der Waals surface area contributed by atoms with E-state index in [0.29, 0.717) is 17.2 Å². The van der Waals surface area contributed by atoms with Crippen molar-refractivity contribution in [2.45, 2.75) is 49.8 Å².